The number of halogens is 2. The molecule has 0 aliphatic heterocycles. The first-order valence-corrected chi connectivity index (χ1v) is 9.02. The van der Waals surface area contributed by atoms with E-state index in [1.54, 1.807) is 6.07 Å². The number of benzene rings is 2. The lowest BCUT2D eigenvalue weighted by atomic mass is 10.0. The Bertz CT molecular complexity index is 796. The van der Waals surface area contributed by atoms with Crippen molar-refractivity contribution in [1.29, 1.82) is 5.26 Å². The molecule has 0 fully saturated rings. The van der Waals surface area contributed by atoms with Gasteiger partial charge in [0.25, 0.3) is 0 Å². The van der Waals surface area contributed by atoms with E-state index < -0.39 is 0 Å². The summed E-state index contributed by atoms with van der Waals surface area (Å²) in [5.41, 5.74) is 2.08. The van der Waals surface area contributed by atoms with Crippen LogP contribution in [0.4, 0.5) is 0 Å². The SMILES string of the molecule is CCOc1cc(C=C(C#N)c2ccccc2Cl)cc(I)c1OCC. The summed E-state index contributed by atoms with van der Waals surface area (Å²) in [5.74, 6) is 1.40. The van der Waals surface area contributed by atoms with Gasteiger partial charge in [0.05, 0.1) is 28.4 Å². The largest absolute Gasteiger partial charge is 0.490 e. The zero-order valence-electron chi connectivity index (χ0n) is 13.5. The normalized spacial score (nSPS) is 11.0. The highest BCUT2D eigenvalue weighted by Crippen LogP contribution is 2.35. The molecule has 2 rings (SSSR count). The Kier molecular flexibility index (Phi) is 6.95. The van der Waals surface area contributed by atoms with E-state index in [9.17, 15) is 5.26 Å². The highest BCUT2D eigenvalue weighted by atomic mass is 127. The van der Waals surface area contributed by atoms with E-state index in [-0.39, 0.29) is 0 Å². The second-order valence-electron chi connectivity index (χ2n) is 4.85. The van der Waals surface area contributed by atoms with Crippen LogP contribution in [0.15, 0.2) is 36.4 Å². The van der Waals surface area contributed by atoms with E-state index in [1.165, 1.54) is 0 Å². The van der Waals surface area contributed by atoms with E-state index in [4.69, 9.17) is 21.1 Å². The summed E-state index contributed by atoms with van der Waals surface area (Å²) >= 11 is 8.42. The van der Waals surface area contributed by atoms with Crippen molar-refractivity contribution in [1.82, 2.24) is 0 Å². The number of hydrogen-bond donors (Lipinski definition) is 0. The van der Waals surface area contributed by atoms with E-state index in [1.807, 2.05) is 50.3 Å². The van der Waals surface area contributed by atoms with E-state index in [0.29, 0.717) is 35.1 Å². The van der Waals surface area contributed by atoms with Crippen LogP contribution in [0.1, 0.15) is 25.0 Å². The van der Waals surface area contributed by atoms with Gasteiger partial charge in [0.1, 0.15) is 0 Å². The minimum Gasteiger partial charge on any atom is -0.490 e. The Morgan fingerprint density at radius 2 is 1.92 bits per heavy atom. The molecule has 0 saturated heterocycles. The first-order chi connectivity index (χ1) is 11.6. The van der Waals surface area contributed by atoms with Crippen LogP contribution in [0.3, 0.4) is 0 Å². The van der Waals surface area contributed by atoms with Gasteiger partial charge in [0, 0.05) is 10.6 Å². The summed E-state index contributed by atoms with van der Waals surface area (Å²) in [4.78, 5) is 0. The van der Waals surface area contributed by atoms with Crippen molar-refractivity contribution in [2.75, 3.05) is 13.2 Å². The van der Waals surface area contributed by atoms with Crippen molar-refractivity contribution in [3.8, 4) is 17.6 Å². The van der Waals surface area contributed by atoms with Crippen LogP contribution in [0.2, 0.25) is 5.02 Å². The fourth-order valence-electron chi connectivity index (χ4n) is 2.24. The third-order valence-corrected chi connectivity index (χ3v) is 4.35. The molecule has 124 valence electrons. The van der Waals surface area contributed by atoms with Crippen LogP contribution < -0.4 is 9.47 Å². The van der Waals surface area contributed by atoms with Gasteiger partial charge in [-0.1, -0.05) is 29.8 Å². The van der Waals surface area contributed by atoms with Gasteiger partial charge in [0.15, 0.2) is 11.5 Å². The minimum absolute atomic E-state index is 0.503. The maximum Gasteiger partial charge on any atom is 0.174 e. The molecule has 0 saturated carbocycles. The van der Waals surface area contributed by atoms with E-state index >= 15 is 0 Å². The molecule has 0 atom stereocenters. The minimum atomic E-state index is 0.503. The van der Waals surface area contributed by atoms with Crippen molar-refractivity contribution in [2.24, 2.45) is 0 Å². The summed E-state index contributed by atoms with van der Waals surface area (Å²) in [6.45, 7) is 4.97. The molecule has 5 heteroatoms. The fraction of sp³-hybridized carbons (Fsp3) is 0.211. The monoisotopic (exact) mass is 453 g/mol. The maximum absolute atomic E-state index is 9.51. The molecule has 0 amide bonds. The van der Waals surface area contributed by atoms with Crippen LogP contribution in [0, 0.1) is 14.9 Å². The lowest BCUT2D eigenvalue weighted by molar-refractivity contribution is 0.286. The standard InChI is InChI=1S/C19H17ClINO2/c1-3-23-18-11-13(10-17(21)19(18)24-4-2)9-14(12-22)15-7-5-6-8-16(15)20/h5-11H,3-4H2,1-2H3. The van der Waals surface area contributed by atoms with Crippen molar-refractivity contribution < 1.29 is 9.47 Å². The molecule has 0 spiro atoms. The molecule has 0 radical (unpaired) electrons. The summed E-state index contributed by atoms with van der Waals surface area (Å²) in [6.07, 6.45) is 1.81. The molecule has 24 heavy (non-hydrogen) atoms. The fourth-order valence-corrected chi connectivity index (χ4v) is 3.25. The van der Waals surface area contributed by atoms with Gasteiger partial charge in [0.2, 0.25) is 0 Å². The number of hydrogen-bond acceptors (Lipinski definition) is 3. The molecule has 0 unspecified atom stereocenters. The van der Waals surface area contributed by atoms with Gasteiger partial charge >= 0.3 is 0 Å². The van der Waals surface area contributed by atoms with Crippen molar-refractivity contribution in [3.63, 3.8) is 0 Å². The lowest BCUT2D eigenvalue weighted by Crippen LogP contribution is -2.00. The second-order valence-corrected chi connectivity index (χ2v) is 6.42. The number of rotatable bonds is 6. The number of ether oxygens (including phenoxy) is 2. The Labute approximate surface area is 161 Å². The Morgan fingerprint density at radius 3 is 2.54 bits per heavy atom. The van der Waals surface area contributed by atoms with E-state index in [0.717, 1.165) is 14.9 Å². The van der Waals surface area contributed by atoms with Crippen LogP contribution in [-0.2, 0) is 0 Å². The van der Waals surface area contributed by atoms with Crippen molar-refractivity contribution in [2.45, 2.75) is 13.8 Å². The molecular formula is C19H17ClINO2. The van der Waals surface area contributed by atoms with Gasteiger partial charge < -0.3 is 9.47 Å². The molecule has 0 N–H and O–H groups in total. The first-order valence-electron chi connectivity index (χ1n) is 7.56. The smallest absolute Gasteiger partial charge is 0.174 e. The molecule has 2 aromatic rings. The summed E-state index contributed by atoms with van der Waals surface area (Å²) in [6, 6.07) is 13.4. The van der Waals surface area contributed by atoms with Gasteiger partial charge in [-0.25, -0.2) is 0 Å². The second kappa shape index (κ2) is 8.95. The van der Waals surface area contributed by atoms with Gasteiger partial charge in [-0.2, -0.15) is 5.26 Å². The van der Waals surface area contributed by atoms with Gasteiger partial charge in [-0.15, -0.1) is 0 Å². The Hall–Kier alpha value is -1.71. The van der Waals surface area contributed by atoms with Crippen molar-refractivity contribution >= 4 is 45.8 Å². The molecular weight excluding hydrogens is 437 g/mol. The molecule has 2 aromatic carbocycles. The van der Waals surface area contributed by atoms with Crippen LogP contribution in [0.25, 0.3) is 11.6 Å². The summed E-state index contributed by atoms with van der Waals surface area (Å²) < 4.78 is 12.3. The predicted octanol–water partition coefficient (Wildman–Crippen LogP) is 5.81. The van der Waals surface area contributed by atoms with Gasteiger partial charge in [-0.3, -0.25) is 0 Å². The quantitative estimate of drug-likeness (QED) is 0.315. The molecule has 0 aliphatic carbocycles. The lowest BCUT2D eigenvalue weighted by Gasteiger charge is -2.14. The third kappa shape index (κ3) is 4.43. The molecule has 0 bridgehead atoms. The maximum atomic E-state index is 9.51. The molecule has 0 heterocycles. The number of allylic oxidation sites excluding steroid dienone is 1. The zero-order chi connectivity index (χ0) is 17.5. The third-order valence-electron chi connectivity index (χ3n) is 3.22. The van der Waals surface area contributed by atoms with Crippen LogP contribution >= 0.6 is 34.2 Å². The Morgan fingerprint density at radius 1 is 1.21 bits per heavy atom. The highest BCUT2D eigenvalue weighted by Gasteiger charge is 2.12. The van der Waals surface area contributed by atoms with Crippen molar-refractivity contribution in [3.05, 3.63) is 56.1 Å². The first kappa shape index (κ1) is 18.6. The number of nitriles is 1. The average molecular weight is 454 g/mol. The number of nitrogens with zero attached hydrogens (tertiary/aromatic N) is 1. The molecule has 0 aliphatic rings. The highest BCUT2D eigenvalue weighted by molar-refractivity contribution is 14.1. The average Bonchev–Trinajstić information content (AvgIpc) is 2.57. The van der Waals surface area contributed by atoms with Gasteiger partial charge in [-0.05, 0) is 66.3 Å². The van der Waals surface area contributed by atoms with Crippen LogP contribution in [-0.4, -0.2) is 13.2 Å². The topological polar surface area (TPSA) is 42.2 Å². The molecule has 0 aromatic heterocycles. The zero-order valence-corrected chi connectivity index (χ0v) is 16.4. The summed E-state index contributed by atoms with van der Waals surface area (Å²) in [5, 5.41) is 10.1. The molecule has 3 nitrogen and oxygen atoms in total. The Balaban J connectivity index is 2.51. The van der Waals surface area contributed by atoms with Crippen LogP contribution in [0.5, 0.6) is 11.5 Å². The van der Waals surface area contributed by atoms with E-state index in [2.05, 4.69) is 28.7 Å². The summed E-state index contributed by atoms with van der Waals surface area (Å²) in [7, 11) is 0. The predicted molar refractivity (Wildman–Crippen MR) is 106 cm³/mol.